The zero-order valence-electron chi connectivity index (χ0n) is 20.5. The number of piperidine rings is 1. The molecule has 4 rings (SSSR count). The van der Waals surface area contributed by atoms with E-state index in [0.717, 1.165) is 55.3 Å². The molecule has 0 radical (unpaired) electrons. The van der Waals surface area contributed by atoms with Gasteiger partial charge < -0.3 is 9.64 Å². The number of ether oxygens (including phenoxy) is 1. The number of pyridine rings is 1. The van der Waals surface area contributed by atoms with E-state index in [1.165, 1.54) is 5.56 Å². The Bertz CT molecular complexity index is 1120. The summed E-state index contributed by atoms with van der Waals surface area (Å²) in [5, 5.41) is 0. The first-order valence-electron chi connectivity index (χ1n) is 11.7. The molecule has 1 aliphatic heterocycles. The van der Waals surface area contributed by atoms with Gasteiger partial charge in [-0.15, -0.1) is 0 Å². The number of carbonyl (C=O) groups is 1. The maximum absolute atomic E-state index is 12.5. The molecular weight excluding hydrogens is 426 g/mol. The van der Waals surface area contributed by atoms with E-state index >= 15 is 0 Å². The van der Waals surface area contributed by atoms with E-state index in [0.29, 0.717) is 12.3 Å². The Morgan fingerprint density at radius 2 is 1.88 bits per heavy atom. The number of hydrogen-bond donors (Lipinski definition) is 0. The minimum Gasteiger partial charge on any atom is -0.489 e. The van der Waals surface area contributed by atoms with Crippen molar-refractivity contribution in [1.29, 1.82) is 0 Å². The standard InChI is InChI=1S/C27H33N5O2/c1-20-16-23(25(33)31(3)4)30-26(29-20)27(2)11-14-32(15-12-27)18-22-9-5-6-10-24(22)34-19-21-8-7-13-28-17-21/h5-10,13,16-17H,11-12,14-15,18-19H2,1-4H3. The first-order valence-corrected chi connectivity index (χ1v) is 11.7. The van der Waals surface area contributed by atoms with Crippen LogP contribution in [0.4, 0.5) is 0 Å². The fourth-order valence-electron chi connectivity index (χ4n) is 4.27. The second-order valence-electron chi connectivity index (χ2n) is 9.51. The van der Waals surface area contributed by atoms with Crippen LogP contribution in [0.3, 0.4) is 0 Å². The van der Waals surface area contributed by atoms with Gasteiger partial charge in [0.25, 0.3) is 5.91 Å². The lowest BCUT2D eigenvalue weighted by Crippen LogP contribution is -2.42. The quantitative estimate of drug-likeness (QED) is 0.532. The molecule has 0 aliphatic carbocycles. The fourth-order valence-corrected chi connectivity index (χ4v) is 4.27. The Labute approximate surface area is 201 Å². The predicted octanol–water partition coefficient (Wildman–Crippen LogP) is 4.01. The van der Waals surface area contributed by atoms with E-state index in [2.05, 4.69) is 33.9 Å². The van der Waals surface area contributed by atoms with Gasteiger partial charge in [0.05, 0.1) is 0 Å². The van der Waals surface area contributed by atoms with E-state index < -0.39 is 0 Å². The normalized spacial score (nSPS) is 15.6. The molecule has 7 nitrogen and oxygen atoms in total. The minimum atomic E-state index is -0.153. The molecule has 3 heterocycles. The van der Waals surface area contributed by atoms with Crippen molar-refractivity contribution in [2.75, 3.05) is 27.2 Å². The zero-order valence-corrected chi connectivity index (χ0v) is 20.5. The lowest BCUT2D eigenvalue weighted by Gasteiger charge is -2.38. The largest absolute Gasteiger partial charge is 0.489 e. The molecule has 7 heteroatoms. The third-order valence-corrected chi connectivity index (χ3v) is 6.46. The van der Waals surface area contributed by atoms with Gasteiger partial charge in [-0.2, -0.15) is 0 Å². The lowest BCUT2D eigenvalue weighted by molar-refractivity contribution is 0.0820. The van der Waals surface area contributed by atoms with Crippen LogP contribution in [-0.4, -0.2) is 57.8 Å². The molecule has 0 unspecified atom stereocenters. The second kappa shape index (κ2) is 10.3. The molecule has 0 atom stereocenters. The molecule has 0 bridgehead atoms. The molecule has 1 aliphatic rings. The summed E-state index contributed by atoms with van der Waals surface area (Å²) in [6.45, 7) is 7.34. The number of likely N-dealkylation sites (tertiary alicyclic amines) is 1. The highest BCUT2D eigenvalue weighted by Gasteiger charge is 2.35. The molecule has 3 aromatic rings. The van der Waals surface area contributed by atoms with Crippen LogP contribution in [0.2, 0.25) is 0 Å². The van der Waals surface area contributed by atoms with Gasteiger partial charge in [-0.3, -0.25) is 14.7 Å². The average molecular weight is 460 g/mol. The zero-order chi connectivity index (χ0) is 24.1. The number of rotatable bonds is 7. The predicted molar refractivity (Wildman–Crippen MR) is 132 cm³/mol. The van der Waals surface area contributed by atoms with Crippen LogP contribution in [0, 0.1) is 6.92 Å². The minimum absolute atomic E-state index is 0.0873. The van der Waals surface area contributed by atoms with Crippen molar-refractivity contribution < 1.29 is 9.53 Å². The van der Waals surface area contributed by atoms with Crippen LogP contribution in [0.1, 0.15) is 52.9 Å². The van der Waals surface area contributed by atoms with Gasteiger partial charge in [0, 0.05) is 55.3 Å². The maximum Gasteiger partial charge on any atom is 0.272 e. The molecule has 0 N–H and O–H groups in total. The van der Waals surface area contributed by atoms with Crippen molar-refractivity contribution in [3.63, 3.8) is 0 Å². The summed E-state index contributed by atoms with van der Waals surface area (Å²) in [4.78, 5) is 30.1. The number of carbonyl (C=O) groups excluding carboxylic acids is 1. The van der Waals surface area contributed by atoms with Crippen LogP contribution in [0.5, 0.6) is 5.75 Å². The first kappa shape index (κ1) is 23.8. The van der Waals surface area contributed by atoms with Crippen molar-refractivity contribution in [3.8, 4) is 5.75 Å². The van der Waals surface area contributed by atoms with Crippen LogP contribution in [-0.2, 0) is 18.6 Å². The van der Waals surface area contributed by atoms with E-state index in [-0.39, 0.29) is 11.3 Å². The van der Waals surface area contributed by atoms with Crippen molar-refractivity contribution in [2.45, 2.75) is 45.3 Å². The summed E-state index contributed by atoms with van der Waals surface area (Å²) in [6, 6.07) is 13.9. The molecule has 1 amide bonds. The van der Waals surface area contributed by atoms with Gasteiger partial charge in [0.1, 0.15) is 23.9 Å². The van der Waals surface area contributed by atoms with Crippen LogP contribution in [0.25, 0.3) is 0 Å². The van der Waals surface area contributed by atoms with Crippen LogP contribution < -0.4 is 4.74 Å². The van der Waals surface area contributed by atoms with E-state index in [1.54, 1.807) is 31.3 Å². The van der Waals surface area contributed by atoms with Gasteiger partial charge in [-0.25, -0.2) is 9.97 Å². The molecular formula is C27H33N5O2. The monoisotopic (exact) mass is 459 g/mol. The van der Waals surface area contributed by atoms with Crippen molar-refractivity contribution in [1.82, 2.24) is 24.8 Å². The Morgan fingerprint density at radius 1 is 1.12 bits per heavy atom. The summed E-state index contributed by atoms with van der Waals surface area (Å²) in [6.07, 6.45) is 5.47. The highest BCUT2D eigenvalue weighted by Crippen LogP contribution is 2.34. The lowest BCUT2D eigenvalue weighted by atomic mass is 9.79. The molecule has 1 aromatic carbocycles. The number of aryl methyl sites for hydroxylation is 1. The third-order valence-electron chi connectivity index (χ3n) is 6.46. The number of aromatic nitrogens is 3. The van der Waals surface area contributed by atoms with E-state index in [4.69, 9.17) is 9.72 Å². The first-order chi connectivity index (χ1) is 16.3. The molecule has 1 fully saturated rings. The molecule has 0 spiro atoms. The second-order valence-corrected chi connectivity index (χ2v) is 9.51. The summed E-state index contributed by atoms with van der Waals surface area (Å²) >= 11 is 0. The maximum atomic E-state index is 12.5. The van der Waals surface area contributed by atoms with Crippen molar-refractivity contribution in [2.24, 2.45) is 0 Å². The molecule has 0 saturated carbocycles. The fraction of sp³-hybridized carbons (Fsp3) is 0.407. The summed E-state index contributed by atoms with van der Waals surface area (Å²) in [7, 11) is 3.50. The summed E-state index contributed by atoms with van der Waals surface area (Å²) in [5.74, 6) is 1.60. The highest BCUT2D eigenvalue weighted by atomic mass is 16.5. The number of amides is 1. The number of hydrogen-bond acceptors (Lipinski definition) is 6. The van der Waals surface area contributed by atoms with E-state index in [9.17, 15) is 4.79 Å². The number of nitrogens with zero attached hydrogens (tertiary/aromatic N) is 5. The topological polar surface area (TPSA) is 71.5 Å². The van der Waals surface area contributed by atoms with E-state index in [1.807, 2.05) is 37.4 Å². The van der Waals surface area contributed by atoms with Crippen molar-refractivity contribution >= 4 is 5.91 Å². The highest BCUT2D eigenvalue weighted by molar-refractivity contribution is 5.92. The van der Waals surface area contributed by atoms with Gasteiger partial charge in [0.2, 0.25) is 0 Å². The van der Waals surface area contributed by atoms with Crippen molar-refractivity contribution in [3.05, 3.63) is 83.2 Å². The molecule has 2 aromatic heterocycles. The Balaban J connectivity index is 1.41. The Hall–Kier alpha value is -3.32. The summed E-state index contributed by atoms with van der Waals surface area (Å²) in [5.41, 5.74) is 3.38. The van der Waals surface area contributed by atoms with Gasteiger partial charge >= 0.3 is 0 Å². The average Bonchev–Trinajstić information content (AvgIpc) is 2.84. The number of para-hydroxylation sites is 1. The summed E-state index contributed by atoms with van der Waals surface area (Å²) < 4.78 is 6.12. The SMILES string of the molecule is Cc1cc(C(=O)N(C)C)nc(C2(C)CCN(Cc3ccccc3OCc3cccnc3)CC2)n1. The molecule has 34 heavy (non-hydrogen) atoms. The molecule has 178 valence electrons. The van der Waals surface area contributed by atoms with Crippen LogP contribution >= 0.6 is 0 Å². The Kier molecular flexibility index (Phi) is 7.22. The Morgan fingerprint density at radius 3 is 2.59 bits per heavy atom. The van der Waals surface area contributed by atoms with Gasteiger partial charge in [0.15, 0.2) is 0 Å². The number of benzene rings is 1. The van der Waals surface area contributed by atoms with Crippen LogP contribution in [0.15, 0.2) is 54.9 Å². The molecule has 1 saturated heterocycles. The van der Waals surface area contributed by atoms with Gasteiger partial charge in [-0.1, -0.05) is 31.2 Å². The third kappa shape index (κ3) is 5.59. The van der Waals surface area contributed by atoms with Gasteiger partial charge in [-0.05, 0) is 51.1 Å². The smallest absolute Gasteiger partial charge is 0.272 e.